The monoisotopic (exact) mass is 277 g/mol. The van der Waals surface area contributed by atoms with Crippen LogP contribution >= 0.6 is 11.6 Å². The van der Waals surface area contributed by atoms with E-state index in [-0.39, 0.29) is 5.28 Å². The molecule has 0 fully saturated rings. The zero-order chi connectivity index (χ0) is 14.0. The molecule has 0 aliphatic carbocycles. The molecule has 0 radical (unpaired) electrons. The zero-order valence-corrected chi connectivity index (χ0v) is 12.2. The second kappa shape index (κ2) is 5.40. The van der Waals surface area contributed by atoms with Crippen molar-refractivity contribution in [2.75, 3.05) is 24.3 Å². The summed E-state index contributed by atoms with van der Waals surface area (Å²) >= 11 is 5.81. The van der Waals surface area contributed by atoms with Crippen LogP contribution < -0.4 is 10.2 Å². The third-order valence-corrected chi connectivity index (χ3v) is 2.86. The van der Waals surface area contributed by atoms with Crippen LogP contribution in [-0.4, -0.2) is 29.0 Å². The number of nitrogens with one attached hydrogen (secondary N) is 1. The molecule has 19 heavy (non-hydrogen) atoms. The Bertz CT molecular complexity index is 577. The van der Waals surface area contributed by atoms with E-state index in [1.54, 1.807) is 6.92 Å². The maximum Gasteiger partial charge on any atom is 0.231 e. The first-order valence-corrected chi connectivity index (χ1v) is 6.26. The first kappa shape index (κ1) is 13.5. The minimum Gasteiger partial charge on any atom is -0.378 e. The van der Waals surface area contributed by atoms with Gasteiger partial charge in [-0.2, -0.15) is 9.97 Å². The van der Waals surface area contributed by atoms with E-state index in [1.807, 2.05) is 33.2 Å². The first-order valence-electron chi connectivity index (χ1n) is 5.89. The average molecular weight is 278 g/mol. The lowest BCUT2D eigenvalue weighted by Crippen LogP contribution is -2.09. The van der Waals surface area contributed by atoms with Crippen molar-refractivity contribution in [3.8, 4) is 0 Å². The van der Waals surface area contributed by atoms with Crippen LogP contribution in [-0.2, 0) is 0 Å². The molecule has 0 aliphatic rings. The fraction of sp³-hybridized carbons (Fsp3) is 0.308. The summed E-state index contributed by atoms with van der Waals surface area (Å²) < 4.78 is 0. The summed E-state index contributed by atoms with van der Waals surface area (Å²) in [5, 5.41) is 3.35. The largest absolute Gasteiger partial charge is 0.378 e. The highest BCUT2D eigenvalue weighted by molar-refractivity contribution is 6.28. The zero-order valence-electron chi connectivity index (χ0n) is 11.4. The molecular formula is C13H16ClN5. The molecule has 2 aromatic rings. The lowest BCUT2D eigenvalue weighted by molar-refractivity contribution is 0.982. The highest BCUT2D eigenvalue weighted by atomic mass is 35.5. The molecule has 1 heterocycles. The third-order valence-electron chi connectivity index (χ3n) is 2.69. The van der Waals surface area contributed by atoms with Crippen molar-refractivity contribution in [3.63, 3.8) is 0 Å². The number of aryl methyl sites for hydroxylation is 2. The SMILES string of the molecule is Cc1nc(Cl)nc(Nc2ccc(N(C)C)cc2C)n1. The van der Waals surface area contributed by atoms with Crippen molar-refractivity contribution >= 4 is 28.9 Å². The summed E-state index contributed by atoms with van der Waals surface area (Å²) in [6, 6.07) is 6.13. The molecular weight excluding hydrogens is 262 g/mol. The van der Waals surface area contributed by atoms with E-state index in [1.165, 1.54) is 0 Å². The molecule has 5 nitrogen and oxygen atoms in total. The number of hydrogen-bond acceptors (Lipinski definition) is 5. The fourth-order valence-electron chi connectivity index (χ4n) is 1.69. The van der Waals surface area contributed by atoms with E-state index in [2.05, 4.69) is 31.2 Å². The van der Waals surface area contributed by atoms with E-state index in [9.17, 15) is 0 Å². The van der Waals surface area contributed by atoms with E-state index in [0.29, 0.717) is 11.8 Å². The number of nitrogens with zero attached hydrogens (tertiary/aromatic N) is 4. The quantitative estimate of drug-likeness (QED) is 0.935. The summed E-state index contributed by atoms with van der Waals surface area (Å²) in [6.45, 7) is 3.81. The second-order valence-corrected chi connectivity index (χ2v) is 4.83. The first-order chi connectivity index (χ1) is 8.95. The molecule has 2 rings (SSSR count). The van der Waals surface area contributed by atoms with Crippen LogP contribution in [0.1, 0.15) is 11.4 Å². The normalized spacial score (nSPS) is 10.4. The molecule has 0 saturated carbocycles. The van der Waals surface area contributed by atoms with Gasteiger partial charge in [-0.05, 0) is 49.2 Å². The smallest absolute Gasteiger partial charge is 0.231 e. The molecule has 1 N–H and O–H groups in total. The van der Waals surface area contributed by atoms with Gasteiger partial charge in [0.05, 0.1) is 0 Å². The topological polar surface area (TPSA) is 53.9 Å². The maximum atomic E-state index is 5.81. The molecule has 0 spiro atoms. The summed E-state index contributed by atoms with van der Waals surface area (Å²) in [4.78, 5) is 14.2. The Morgan fingerprint density at radius 2 is 1.84 bits per heavy atom. The van der Waals surface area contributed by atoms with Gasteiger partial charge in [0.1, 0.15) is 5.82 Å². The highest BCUT2D eigenvalue weighted by Gasteiger charge is 2.05. The maximum absolute atomic E-state index is 5.81. The molecule has 1 aromatic carbocycles. The lowest BCUT2D eigenvalue weighted by atomic mass is 10.1. The van der Waals surface area contributed by atoms with Crippen molar-refractivity contribution in [1.29, 1.82) is 0 Å². The number of halogens is 1. The fourth-order valence-corrected chi connectivity index (χ4v) is 1.89. The lowest BCUT2D eigenvalue weighted by Gasteiger charge is -2.15. The van der Waals surface area contributed by atoms with Gasteiger partial charge < -0.3 is 10.2 Å². The van der Waals surface area contributed by atoms with Gasteiger partial charge >= 0.3 is 0 Å². The predicted octanol–water partition coefficient (Wildman–Crippen LogP) is 2.95. The Morgan fingerprint density at radius 3 is 2.42 bits per heavy atom. The number of benzene rings is 1. The van der Waals surface area contributed by atoms with E-state index >= 15 is 0 Å². The molecule has 6 heteroatoms. The van der Waals surface area contributed by atoms with Gasteiger partial charge in [0.15, 0.2) is 0 Å². The Balaban J connectivity index is 2.28. The Hall–Kier alpha value is -1.88. The standard InChI is InChI=1S/C13H16ClN5/c1-8-7-10(19(3)4)5-6-11(8)17-13-16-9(2)15-12(14)18-13/h5-7H,1-4H3,(H,15,16,17,18). The summed E-state index contributed by atoms with van der Waals surface area (Å²) in [5.41, 5.74) is 3.21. The molecule has 0 saturated heterocycles. The third kappa shape index (κ3) is 3.32. The van der Waals surface area contributed by atoms with Crippen molar-refractivity contribution in [2.45, 2.75) is 13.8 Å². The van der Waals surface area contributed by atoms with Crippen LogP contribution in [0.15, 0.2) is 18.2 Å². The summed E-state index contributed by atoms with van der Waals surface area (Å²) in [7, 11) is 4.02. The van der Waals surface area contributed by atoms with Gasteiger partial charge in [-0.1, -0.05) is 0 Å². The number of aromatic nitrogens is 3. The molecule has 0 unspecified atom stereocenters. The van der Waals surface area contributed by atoms with Crippen LogP contribution in [0.2, 0.25) is 5.28 Å². The highest BCUT2D eigenvalue weighted by Crippen LogP contribution is 2.23. The van der Waals surface area contributed by atoms with Gasteiger partial charge in [0, 0.05) is 25.5 Å². The van der Waals surface area contributed by atoms with Crippen molar-refractivity contribution in [3.05, 3.63) is 34.9 Å². The molecule has 0 aliphatic heterocycles. The summed E-state index contributed by atoms with van der Waals surface area (Å²) in [5.74, 6) is 1.04. The van der Waals surface area contributed by atoms with E-state index in [4.69, 9.17) is 11.6 Å². The van der Waals surface area contributed by atoms with Crippen molar-refractivity contribution in [2.24, 2.45) is 0 Å². The van der Waals surface area contributed by atoms with Crippen molar-refractivity contribution < 1.29 is 0 Å². The van der Waals surface area contributed by atoms with Crippen LogP contribution in [0.25, 0.3) is 0 Å². The minimum atomic E-state index is 0.192. The molecule has 0 bridgehead atoms. The molecule has 100 valence electrons. The predicted molar refractivity (Wildman–Crippen MR) is 78.4 cm³/mol. The van der Waals surface area contributed by atoms with Gasteiger partial charge in [0.2, 0.25) is 11.2 Å². The van der Waals surface area contributed by atoms with E-state index in [0.717, 1.165) is 16.9 Å². The molecule has 0 atom stereocenters. The number of rotatable bonds is 3. The van der Waals surface area contributed by atoms with Crippen LogP contribution in [0.3, 0.4) is 0 Å². The molecule has 1 aromatic heterocycles. The van der Waals surface area contributed by atoms with Gasteiger partial charge in [-0.3, -0.25) is 0 Å². The van der Waals surface area contributed by atoms with E-state index < -0.39 is 0 Å². The second-order valence-electron chi connectivity index (χ2n) is 4.49. The Morgan fingerprint density at radius 1 is 1.11 bits per heavy atom. The van der Waals surface area contributed by atoms with Crippen LogP contribution in [0, 0.1) is 13.8 Å². The Labute approximate surface area is 117 Å². The Kier molecular flexibility index (Phi) is 3.85. The van der Waals surface area contributed by atoms with Crippen LogP contribution in [0.4, 0.5) is 17.3 Å². The minimum absolute atomic E-state index is 0.192. The number of anilines is 3. The van der Waals surface area contributed by atoms with Gasteiger partial charge in [-0.25, -0.2) is 4.98 Å². The summed E-state index contributed by atoms with van der Waals surface area (Å²) in [6.07, 6.45) is 0. The number of hydrogen-bond donors (Lipinski definition) is 1. The van der Waals surface area contributed by atoms with Crippen LogP contribution in [0.5, 0.6) is 0 Å². The van der Waals surface area contributed by atoms with Gasteiger partial charge in [-0.15, -0.1) is 0 Å². The van der Waals surface area contributed by atoms with Crippen molar-refractivity contribution in [1.82, 2.24) is 15.0 Å². The average Bonchev–Trinajstić information content (AvgIpc) is 2.30. The molecule has 0 amide bonds. The van der Waals surface area contributed by atoms with Gasteiger partial charge in [0.25, 0.3) is 0 Å².